The highest BCUT2D eigenvalue weighted by Gasteiger charge is 2.14. The Morgan fingerprint density at radius 1 is 1.10 bits per heavy atom. The van der Waals surface area contributed by atoms with Crippen molar-refractivity contribution in [2.75, 3.05) is 11.9 Å². The van der Waals surface area contributed by atoms with Gasteiger partial charge in [-0.3, -0.25) is 9.59 Å². The maximum Gasteiger partial charge on any atom is 0.248 e. The molecule has 1 aromatic heterocycles. The van der Waals surface area contributed by atoms with E-state index in [-0.39, 0.29) is 11.7 Å². The standard InChI is InChI=1S/C24H25NO4/c1-6-28-22-13-23-21(15(3)17(5)29-23)12-20(22)14(2)11-24(27)25-19-9-7-18(8-10-19)16(4)26/h7-13H,6H2,1-5H3,(H,25,27)/b14-11+. The molecule has 2 aromatic carbocycles. The van der Waals surface area contributed by atoms with Crippen molar-refractivity contribution < 1.29 is 18.7 Å². The zero-order valence-corrected chi connectivity index (χ0v) is 17.4. The highest BCUT2D eigenvalue weighted by Crippen LogP contribution is 2.35. The van der Waals surface area contributed by atoms with Gasteiger partial charge in [-0.2, -0.15) is 0 Å². The van der Waals surface area contributed by atoms with Crippen molar-refractivity contribution in [3.05, 3.63) is 64.9 Å². The quantitative estimate of drug-likeness (QED) is 0.433. The topological polar surface area (TPSA) is 68.5 Å². The van der Waals surface area contributed by atoms with Crippen LogP contribution in [0.15, 0.2) is 46.9 Å². The van der Waals surface area contributed by atoms with E-state index in [0.717, 1.165) is 33.4 Å². The molecule has 0 aliphatic carbocycles. The van der Waals surface area contributed by atoms with Crippen molar-refractivity contribution >= 4 is 33.9 Å². The van der Waals surface area contributed by atoms with Crippen LogP contribution in [0.3, 0.4) is 0 Å². The fraction of sp³-hybridized carbons (Fsp3) is 0.250. The lowest BCUT2D eigenvalue weighted by Gasteiger charge is -2.11. The van der Waals surface area contributed by atoms with E-state index >= 15 is 0 Å². The second-order valence-corrected chi connectivity index (χ2v) is 7.01. The summed E-state index contributed by atoms with van der Waals surface area (Å²) in [6.45, 7) is 9.77. The molecule has 0 bridgehead atoms. The van der Waals surface area contributed by atoms with Crippen LogP contribution < -0.4 is 10.1 Å². The van der Waals surface area contributed by atoms with Gasteiger partial charge in [0, 0.05) is 34.3 Å². The van der Waals surface area contributed by atoms with E-state index in [1.54, 1.807) is 30.3 Å². The summed E-state index contributed by atoms with van der Waals surface area (Å²) in [4.78, 5) is 23.9. The molecule has 3 aromatic rings. The smallest absolute Gasteiger partial charge is 0.248 e. The third kappa shape index (κ3) is 4.40. The Morgan fingerprint density at radius 2 is 1.79 bits per heavy atom. The SMILES string of the molecule is CCOc1cc2oc(C)c(C)c2cc1/C(C)=C/C(=O)Nc1ccc(C(C)=O)cc1. The van der Waals surface area contributed by atoms with Crippen LogP contribution in [-0.4, -0.2) is 18.3 Å². The number of ketones is 1. The Bertz CT molecular complexity index is 1100. The summed E-state index contributed by atoms with van der Waals surface area (Å²) in [6, 6.07) is 10.7. The first-order chi connectivity index (χ1) is 13.8. The number of aryl methyl sites for hydroxylation is 2. The molecule has 0 radical (unpaired) electrons. The molecule has 0 aliphatic heterocycles. The number of Topliss-reactive ketones (excluding diaryl/α,β-unsaturated/α-hetero) is 1. The normalized spacial score (nSPS) is 11.6. The number of benzene rings is 2. The molecule has 1 N–H and O–H groups in total. The molecule has 0 fully saturated rings. The van der Waals surface area contributed by atoms with Gasteiger partial charge in [0.1, 0.15) is 17.1 Å². The lowest BCUT2D eigenvalue weighted by atomic mass is 10.0. The maximum absolute atomic E-state index is 12.5. The molecular weight excluding hydrogens is 366 g/mol. The molecule has 1 amide bonds. The third-order valence-corrected chi connectivity index (χ3v) is 4.91. The molecule has 0 atom stereocenters. The van der Waals surface area contributed by atoms with Gasteiger partial charge in [-0.25, -0.2) is 0 Å². The maximum atomic E-state index is 12.5. The van der Waals surface area contributed by atoms with Gasteiger partial charge in [-0.15, -0.1) is 0 Å². The van der Waals surface area contributed by atoms with Gasteiger partial charge in [0.05, 0.1) is 6.61 Å². The summed E-state index contributed by atoms with van der Waals surface area (Å²) >= 11 is 0. The number of anilines is 1. The molecule has 1 heterocycles. The minimum absolute atomic E-state index is 0.0118. The van der Waals surface area contributed by atoms with Crippen LogP contribution in [0.5, 0.6) is 5.75 Å². The van der Waals surface area contributed by atoms with E-state index in [2.05, 4.69) is 5.32 Å². The molecule has 0 spiro atoms. The lowest BCUT2D eigenvalue weighted by Crippen LogP contribution is -2.09. The predicted molar refractivity (Wildman–Crippen MR) is 116 cm³/mol. The number of fused-ring (bicyclic) bond motifs is 1. The van der Waals surface area contributed by atoms with Crippen LogP contribution in [0.25, 0.3) is 16.5 Å². The molecule has 0 saturated heterocycles. The average Bonchev–Trinajstić information content (AvgIpc) is 2.95. The predicted octanol–water partition coefficient (Wildman–Crippen LogP) is 5.69. The molecule has 5 nitrogen and oxygen atoms in total. The van der Waals surface area contributed by atoms with Crippen molar-refractivity contribution in [3.63, 3.8) is 0 Å². The number of hydrogen-bond donors (Lipinski definition) is 1. The minimum atomic E-state index is -0.249. The summed E-state index contributed by atoms with van der Waals surface area (Å²) in [5.74, 6) is 1.29. The molecular formula is C24H25NO4. The van der Waals surface area contributed by atoms with Gasteiger partial charge in [0.2, 0.25) is 5.91 Å². The highest BCUT2D eigenvalue weighted by molar-refractivity contribution is 6.05. The van der Waals surface area contributed by atoms with Crippen molar-refractivity contribution in [2.45, 2.75) is 34.6 Å². The molecule has 0 unspecified atom stereocenters. The molecule has 0 aliphatic rings. The number of allylic oxidation sites excluding steroid dienone is 1. The number of amides is 1. The van der Waals surface area contributed by atoms with Crippen LogP contribution in [0, 0.1) is 13.8 Å². The van der Waals surface area contributed by atoms with Crippen LogP contribution in [0.1, 0.15) is 48.0 Å². The van der Waals surface area contributed by atoms with Crippen molar-refractivity contribution in [3.8, 4) is 5.75 Å². The van der Waals surface area contributed by atoms with E-state index in [1.807, 2.05) is 39.8 Å². The van der Waals surface area contributed by atoms with Crippen molar-refractivity contribution in [2.24, 2.45) is 0 Å². The fourth-order valence-electron chi connectivity index (χ4n) is 3.19. The zero-order chi connectivity index (χ0) is 21.1. The second kappa shape index (κ2) is 8.35. The first-order valence-electron chi connectivity index (χ1n) is 9.57. The van der Waals surface area contributed by atoms with Crippen molar-refractivity contribution in [1.82, 2.24) is 0 Å². The van der Waals surface area contributed by atoms with Gasteiger partial charge < -0.3 is 14.5 Å². The van der Waals surface area contributed by atoms with E-state index in [9.17, 15) is 9.59 Å². The van der Waals surface area contributed by atoms with Crippen LogP contribution >= 0.6 is 0 Å². The van der Waals surface area contributed by atoms with Crippen LogP contribution in [0.2, 0.25) is 0 Å². The summed E-state index contributed by atoms with van der Waals surface area (Å²) < 4.78 is 11.6. The highest BCUT2D eigenvalue weighted by atomic mass is 16.5. The number of carbonyl (C=O) groups excluding carboxylic acids is 2. The first kappa shape index (κ1) is 20.4. The molecule has 29 heavy (non-hydrogen) atoms. The Balaban J connectivity index is 1.90. The van der Waals surface area contributed by atoms with Gasteiger partial charge in [0.25, 0.3) is 0 Å². The zero-order valence-electron chi connectivity index (χ0n) is 17.4. The van der Waals surface area contributed by atoms with Crippen LogP contribution in [-0.2, 0) is 4.79 Å². The Hall–Kier alpha value is -3.34. The summed E-state index contributed by atoms with van der Waals surface area (Å²) in [5, 5.41) is 3.84. The van der Waals surface area contributed by atoms with E-state index < -0.39 is 0 Å². The summed E-state index contributed by atoms with van der Waals surface area (Å²) in [7, 11) is 0. The number of rotatable bonds is 6. The van der Waals surface area contributed by atoms with E-state index in [0.29, 0.717) is 23.6 Å². The third-order valence-electron chi connectivity index (χ3n) is 4.91. The minimum Gasteiger partial charge on any atom is -0.493 e. The Morgan fingerprint density at radius 3 is 2.41 bits per heavy atom. The number of furan rings is 1. The second-order valence-electron chi connectivity index (χ2n) is 7.01. The first-order valence-corrected chi connectivity index (χ1v) is 9.57. The van der Waals surface area contributed by atoms with E-state index in [1.165, 1.54) is 6.92 Å². The van der Waals surface area contributed by atoms with Gasteiger partial charge in [-0.05, 0) is 76.1 Å². The Labute approximate surface area is 170 Å². The largest absolute Gasteiger partial charge is 0.493 e. The molecule has 3 rings (SSSR count). The van der Waals surface area contributed by atoms with Gasteiger partial charge in [-0.1, -0.05) is 0 Å². The summed E-state index contributed by atoms with van der Waals surface area (Å²) in [6.07, 6.45) is 1.55. The molecule has 0 saturated carbocycles. The fourth-order valence-corrected chi connectivity index (χ4v) is 3.19. The number of hydrogen-bond acceptors (Lipinski definition) is 4. The monoisotopic (exact) mass is 391 g/mol. The number of ether oxygens (including phenoxy) is 1. The van der Waals surface area contributed by atoms with Crippen molar-refractivity contribution in [1.29, 1.82) is 0 Å². The van der Waals surface area contributed by atoms with Gasteiger partial charge >= 0.3 is 0 Å². The number of nitrogens with one attached hydrogen (secondary N) is 1. The van der Waals surface area contributed by atoms with E-state index in [4.69, 9.17) is 9.15 Å². The molecule has 5 heteroatoms. The number of carbonyl (C=O) groups is 2. The molecule has 150 valence electrons. The average molecular weight is 391 g/mol. The van der Waals surface area contributed by atoms with Crippen LogP contribution in [0.4, 0.5) is 5.69 Å². The lowest BCUT2D eigenvalue weighted by molar-refractivity contribution is -0.111. The van der Waals surface area contributed by atoms with Gasteiger partial charge in [0.15, 0.2) is 5.78 Å². The summed E-state index contributed by atoms with van der Waals surface area (Å²) in [5.41, 5.74) is 4.72. The Kier molecular flexibility index (Phi) is 5.87.